The van der Waals surface area contributed by atoms with E-state index in [0.29, 0.717) is 5.69 Å². The van der Waals surface area contributed by atoms with Gasteiger partial charge < -0.3 is 0 Å². The molecule has 18 heavy (non-hydrogen) atoms. The average Bonchev–Trinajstić information content (AvgIpc) is 2.67. The molecule has 0 radical (unpaired) electrons. The molecule has 0 spiro atoms. The highest BCUT2D eigenvalue weighted by Crippen LogP contribution is 2.36. The SMILES string of the molecule is N#[N+]c1c(C(F)(F)F)[nH]n(-c2ccccc2)c1=S. The first-order valence-corrected chi connectivity index (χ1v) is 5.18. The molecule has 1 heterocycles. The third kappa shape index (κ3) is 2.00. The molecule has 4 nitrogen and oxygen atoms in total. The Labute approximate surface area is 104 Å². The minimum Gasteiger partial charge on any atom is -0.281 e. The second-order valence-electron chi connectivity index (χ2n) is 3.41. The summed E-state index contributed by atoms with van der Waals surface area (Å²) >= 11 is 4.84. The molecule has 8 heteroatoms. The number of para-hydroxylation sites is 1. The van der Waals surface area contributed by atoms with Gasteiger partial charge in [0.2, 0.25) is 15.7 Å². The van der Waals surface area contributed by atoms with Gasteiger partial charge in [-0.3, -0.25) is 5.10 Å². The molecule has 1 N–H and O–H groups in total. The molecule has 0 saturated heterocycles. The number of nitrogens with one attached hydrogen (secondary N) is 1. The van der Waals surface area contributed by atoms with Gasteiger partial charge in [0.1, 0.15) is 0 Å². The molecular weight excluding hydrogens is 265 g/mol. The minimum absolute atomic E-state index is 0.240. The summed E-state index contributed by atoms with van der Waals surface area (Å²) in [5, 5.41) is 10.7. The van der Waals surface area contributed by atoms with Crippen LogP contribution in [0.15, 0.2) is 30.3 Å². The zero-order valence-electron chi connectivity index (χ0n) is 8.77. The van der Waals surface area contributed by atoms with Gasteiger partial charge >= 0.3 is 11.9 Å². The Morgan fingerprint density at radius 2 is 1.83 bits per heavy atom. The maximum atomic E-state index is 12.7. The van der Waals surface area contributed by atoms with Crippen LogP contribution in [0.5, 0.6) is 0 Å². The van der Waals surface area contributed by atoms with E-state index in [4.69, 9.17) is 17.6 Å². The van der Waals surface area contributed by atoms with Gasteiger partial charge in [0.25, 0.3) is 0 Å². The molecule has 2 rings (SSSR count). The molecule has 0 atom stereocenters. The normalized spacial score (nSPS) is 11.2. The fourth-order valence-corrected chi connectivity index (χ4v) is 1.77. The van der Waals surface area contributed by atoms with E-state index in [2.05, 4.69) is 10.1 Å². The second-order valence-corrected chi connectivity index (χ2v) is 3.80. The largest absolute Gasteiger partial charge is 0.451 e. The van der Waals surface area contributed by atoms with Crippen LogP contribution in [0.3, 0.4) is 0 Å². The number of halogens is 3. The number of H-pyrrole nitrogens is 1. The van der Waals surface area contributed by atoms with Crippen molar-refractivity contribution in [2.24, 2.45) is 0 Å². The lowest BCUT2D eigenvalue weighted by Crippen LogP contribution is -2.07. The Morgan fingerprint density at radius 1 is 1.22 bits per heavy atom. The summed E-state index contributed by atoms with van der Waals surface area (Å²) in [6, 6.07) is 8.18. The van der Waals surface area contributed by atoms with Gasteiger partial charge in [-0.05, 0) is 24.4 Å². The predicted octanol–water partition coefficient (Wildman–Crippen LogP) is 4.04. The van der Waals surface area contributed by atoms with Gasteiger partial charge in [0, 0.05) is 0 Å². The van der Waals surface area contributed by atoms with Crippen molar-refractivity contribution in [3.63, 3.8) is 0 Å². The Hall–Kier alpha value is -2.14. The van der Waals surface area contributed by atoms with Crippen molar-refractivity contribution < 1.29 is 13.2 Å². The lowest BCUT2D eigenvalue weighted by Gasteiger charge is -2.02. The first kappa shape index (κ1) is 12.3. The van der Waals surface area contributed by atoms with Gasteiger partial charge in [-0.25, -0.2) is 4.68 Å². The lowest BCUT2D eigenvalue weighted by atomic mass is 10.3. The third-order valence-electron chi connectivity index (χ3n) is 2.26. The molecule has 1 aromatic carbocycles. The van der Waals surface area contributed by atoms with Gasteiger partial charge in [0.15, 0.2) is 4.98 Å². The van der Waals surface area contributed by atoms with Crippen molar-refractivity contribution >= 4 is 17.9 Å². The van der Waals surface area contributed by atoms with Crippen LogP contribution in [0.25, 0.3) is 10.7 Å². The van der Waals surface area contributed by atoms with Crippen LogP contribution >= 0.6 is 12.2 Å². The van der Waals surface area contributed by atoms with Crippen LogP contribution in [-0.4, -0.2) is 9.78 Å². The highest BCUT2D eigenvalue weighted by molar-refractivity contribution is 7.71. The standard InChI is InChI=1S/C10H5F3N4S/c11-10(12,13)8-7(15-14)9(18)17(16-8)6-4-2-1-3-5-6/h1-5H/p+1. The molecular formula is C10H6F3N4S+. The van der Waals surface area contributed by atoms with E-state index in [1.54, 1.807) is 30.3 Å². The van der Waals surface area contributed by atoms with Gasteiger partial charge in [0.05, 0.1) is 5.69 Å². The number of hydrogen-bond donors (Lipinski definition) is 1. The Balaban J connectivity index is 2.71. The van der Waals surface area contributed by atoms with E-state index < -0.39 is 17.6 Å². The van der Waals surface area contributed by atoms with Crippen molar-refractivity contribution in [2.75, 3.05) is 0 Å². The Kier molecular flexibility index (Phi) is 2.92. The first-order valence-electron chi connectivity index (χ1n) is 4.78. The average molecular weight is 271 g/mol. The molecule has 2 aromatic rings. The maximum Gasteiger partial charge on any atom is 0.451 e. The number of diazo groups is 1. The smallest absolute Gasteiger partial charge is 0.281 e. The van der Waals surface area contributed by atoms with E-state index >= 15 is 0 Å². The Bertz CT molecular complexity index is 663. The van der Waals surface area contributed by atoms with Crippen LogP contribution in [-0.2, 0) is 6.18 Å². The summed E-state index contributed by atoms with van der Waals surface area (Å²) in [5.74, 6) is 0. The van der Waals surface area contributed by atoms with E-state index in [0.717, 1.165) is 4.68 Å². The molecule has 1 aromatic heterocycles. The molecule has 0 bridgehead atoms. The molecule has 92 valence electrons. The molecule has 0 aliphatic rings. The minimum atomic E-state index is -4.67. The fraction of sp³-hybridized carbons (Fsp3) is 0.100. The lowest BCUT2D eigenvalue weighted by molar-refractivity contribution is -0.140. The monoisotopic (exact) mass is 271 g/mol. The zero-order chi connectivity index (χ0) is 13.3. The molecule has 0 aliphatic carbocycles. The summed E-state index contributed by atoms with van der Waals surface area (Å²) in [6.07, 6.45) is -4.67. The summed E-state index contributed by atoms with van der Waals surface area (Å²) in [4.78, 5) is 2.61. The zero-order valence-corrected chi connectivity index (χ0v) is 9.59. The summed E-state index contributed by atoms with van der Waals surface area (Å²) in [6.45, 7) is 0. The molecule has 0 amide bonds. The summed E-state index contributed by atoms with van der Waals surface area (Å²) in [5.41, 5.74) is -1.46. The van der Waals surface area contributed by atoms with Crippen molar-refractivity contribution in [2.45, 2.75) is 6.18 Å². The highest BCUT2D eigenvalue weighted by Gasteiger charge is 2.43. The van der Waals surface area contributed by atoms with Crippen molar-refractivity contribution in [3.05, 3.63) is 45.6 Å². The maximum absolute atomic E-state index is 12.7. The third-order valence-corrected chi connectivity index (χ3v) is 2.64. The number of aromatic amines is 1. The van der Waals surface area contributed by atoms with Gasteiger partial charge in [-0.1, -0.05) is 18.2 Å². The van der Waals surface area contributed by atoms with E-state index in [-0.39, 0.29) is 4.64 Å². The molecule has 0 unspecified atom stereocenters. The summed E-state index contributed by atoms with van der Waals surface area (Å²) in [7, 11) is 0. The Morgan fingerprint density at radius 3 is 2.28 bits per heavy atom. The second kappa shape index (κ2) is 4.27. The summed E-state index contributed by atoms with van der Waals surface area (Å²) < 4.78 is 38.8. The van der Waals surface area contributed by atoms with E-state index in [1.807, 2.05) is 0 Å². The number of benzene rings is 1. The predicted molar refractivity (Wildman–Crippen MR) is 60.7 cm³/mol. The quantitative estimate of drug-likeness (QED) is 0.628. The van der Waals surface area contributed by atoms with Crippen LogP contribution in [0.1, 0.15) is 5.69 Å². The van der Waals surface area contributed by atoms with Crippen LogP contribution in [0.4, 0.5) is 18.9 Å². The van der Waals surface area contributed by atoms with Gasteiger partial charge in [-0.15, -0.1) is 0 Å². The molecule has 0 aliphatic heterocycles. The van der Waals surface area contributed by atoms with Gasteiger partial charge in [-0.2, -0.15) is 13.2 Å². The first-order chi connectivity index (χ1) is 8.45. The number of alkyl halides is 3. The number of rotatable bonds is 1. The number of nitrogens with zero attached hydrogens (tertiary/aromatic N) is 3. The van der Waals surface area contributed by atoms with E-state index in [1.165, 1.54) is 0 Å². The number of aromatic nitrogens is 2. The molecule has 0 fully saturated rings. The van der Waals surface area contributed by atoms with Crippen molar-refractivity contribution in [1.29, 1.82) is 5.39 Å². The number of hydrogen-bond acceptors (Lipinski definition) is 2. The van der Waals surface area contributed by atoms with Crippen LogP contribution in [0.2, 0.25) is 0 Å². The van der Waals surface area contributed by atoms with Crippen molar-refractivity contribution in [1.82, 2.24) is 9.78 Å². The van der Waals surface area contributed by atoms with Crippen molar-refractivity contribution in [3.8, 4) is 5.69 Å². The fourth-order valence-electron chi connectivity index (χ4n) is 1.48. The van der Waals surface area contributed by atoms with Crippen LogP contribution < -0.4 is 0 Å². The molecule has 0 saturated carbocycles. The highest BCUT2D eigenvalue weighted by atomic mass is 32.1. The topological polar surface area (TPSA) is 48.9 Å². The van der Waals surface area contributed by atoms with Crippen LogP contribution in [0, 0.1) is 10.0 Å². The van der Waals surface area contributed by atoms with E-state index in [9.17, 15) is 13.2 Å².